The van der Waals surface area contributed by atoms with Crippen molar-refractivity contribution in [3.05, 3.63) is 77.9 Å². The Labute approximate surface area is 224 Å². The molecule has 0 spiro atoms. The third-order valence-corrected chi connectivity index (χ3v) is 6.96. The molecule has 0 aliphatic heterocycles. The Morgan fingerprint density at radius 3 is 2.27 bits per heavy atom. The summed E-state index contributed by atoms with van der Waals surface area (Å²) in [6.07, 6.45) is 10.3. The van der Waals surface area contributed by atoms with Gasteiger partial charge in [0.2, 0.25) is 0 Å². The molecule has 2 aromatic carbocycles. The van der Waals surface area contributed by atoms with Gasteiger partial charge in [0.1, 0.15) is 29.0 Å². The minimum atomic E-state index is -0.866. The number of rotatable bonds is 13. The third-order valence-electron chi connectivity index (χ3n) is 6.70. The van der Waals surface area contributed by atoms with Gasteiger partial charge in [0.15, 0.2) is 0 Å². The molecule has 2 aromatic rings. The minimum Gasteiger partial charge on any atom is -0.485 e. The number of aliphatic hydroxyl groups is 2. The van der Waals surface area contributed by atoms with Gasteiger partial charge in [-0.25, -0.2) is 0 Å². The number of carboxylic acid groups (broad SMARTS) is 1. The van der Waals surface area contributed by atoms with Gasteiger partial charge >= 0.3 is 5.97 Å². The standard InChI is InChI=1S/C30H37ClO6/c1-30(2,37-25-17-15-24(16-18-25)36-23-13-11-22(31)12-14-23)28(33)20-10-21-9-19-27(32)26(21)7-5-3-4-6-8-29(34)35/h3-4,10-18,20-21,26-28,32-33H,5-9,19H2,1-2H3,(H,34,35)/t21-,26+,27+,28?/m0/s1. The van der Waals surface area contributed by atoms with Gasteiger partial charge in [0.05, 0.1) is 6.10 Å². The van der Waals surface area contributed by atoms with Crippen molar-refractivity contribution in [1.29, 1.82) is 0 Å². The van der Waals surface area contributed by atoms with E-state index in [9.17, 15) is 15.0 Å². The van der Waals surface area contributed by atoms with Crippen LogP contribution in [-0.4, -0.2) is 39.1 Å². The summed E-state index contributed by atoms with van der Waals surface area (Å²) in [5.74, 6) is 1.46. The molecule has 0 bridgehead atoms. The first-order chi connectivity index (χ1) is 17.6. The van der Waals surface area contributed by atoms with Gasteiger partial charge in [-0.3, -0.25) is 4.79 Å². The highest BCUT2D eigenvalue weighted by Gasteiger charge is 2.34. The molecule has 200 valence electrons. The van der Waals surface area contributed by atoms with Crippen molar-refractivity contribution in [2.24, 2.45) is 11.8 Å². The first-order valence-corrected chi connectivity index (χ1v) is 13.2. The van der Waals surface area contributed by atoms with Gasteiger partial charge in [-0.1, -0.05) is 35.9 Å². The van der Waals surface area contributed by atoms with E-state index in [0.717, 1.165) is 25.7 Å². The van der Waals surface area contributed by atoms with Crippen LogP contribution in [0.2, 0.25) is 5.02 Å². The lowest BCUT2D eigenvalue weighted by Crippen LogP contribution is -2.40. The Balaban J connectivity index is 1.51. The number of hydrogen-bond acceptors (Lipinski definition) is 5. The Morgan fingerprint density at radius 2 is 1.62 bits per heavy atom. The zero-order valence-corrected chi connectivity index (χ0v) is 22.2. The van der Waals surface area contributed by atoms with E-state index in [4.69, 9.17) is 26.2 Å². The van der Waals surface area contributed by atoms with Crippen LogP contribution in [0.1, 0.15) is 52.4 Å². The molecule has 4 atom stereocenters. The Kier molecular flexibility index (Phi) is 10.6. The molecule has 6 nitrogen and oxygen atoms in total. The van der Waals surface area contributed by atoms with Crippen LogP contribution in [0.4, 0.5) is 0 Å². The Hall–Kier alpha value is -2.80. The van der Waals surface area contributed by atoms with Crippen LogP contribution >= 0.6 is 11.6 Å². The number of carboxylic acids is 1. The molecular weight excluding hydrogens is 492 g/mol. The van der Waals surface area contributed by atoms with E-state index in [0.29, 0.717) is 28.7 Å². The van der Waals surface area contributed by atoms with Crippen molar-refractivity contribution in [2.75, 3.05) is 0 Å². The second kappa shape index (κ2) is 13.7. The lowest BCUT2D eigenvalue weighted by atomic mass is 9.88. The summed E-state index contributed by atoms with van der Waals surface area (Å²) >= 11 is 5.91. The van der Waals surface area contributed by atoms with Crippen molar-refractivity contribution >= 4 is 17.6 Å². The maximum absolute atomic E-state index is 10.9. The SMILES string of the molecule is CC(C)(Oc1ccc(Oc2ccc(Cl)cc2)cc1)C(O)C=C[C@@H]1CC[C@@H](O)[C@@H]1CCC=CCCC(=O)O. The average molecular weight is 529 g/mol. The molecule has 0 aromatic heterocycles. The van der Waals surface area contributed by atoms with Crippen LogP contribution in [0.15, 0.2) is 72.8 Å². The summed E-state index contributed by atoms with van der Waals surface area (Å²) in [5.41, 5.74) is -0.866. The average Bonchev–Trinajstić information content (AvgIpc) is 3.21. The van der Waals surface area contributed by atoms with Gasteiger partial charge in [-0.15, -0.1) is 0 Å². The molecule has 1 aliphatic carbocycles. The summed E-state index contributed by atoms with van der Waals surface area (Å²) in [6.45, 7) is 3.67. The zero-order valence-electron chi connectivity index (χ0n) is 21.4. The summed E-state index contributed by atoms with van der Waals surface area (Å²) in [6, 6.07) is 14.3. The fourth-order valence-corrected chi connectivity index (χ4v) is 4.64. The van der Waals surface area contributed by atoms with Gasteiger partial charge < -0.3 is 24.8 Å². The van der Waals surface area contributed by atoms with E-state index in [1.54, 1.807) is 42.5 Å². The van der Waals surface area contributed by atoms with E-state index in [2.05, 4.69) is 0 Å². The molecule has 1 fully saturated rings. The van der Waals surface area contributed by atoms with E-state index < -0.39 is 17.7 Å². The topological polar surface area (TPSA) is 96.2 Å². The molecule has 37 heavy (non-hydrogen) atoms. The van der Waals surface area contributed by atoms with Crippen LogP contribution in [0.3, 0.4) is 0 Å². The fourth-order valence-electron chi connectivity index (χ4n) is 4.51. The predicted molar refractivity (Wildman–Crippen MR) is 145 cm³/mol. The van der Waals surface area contributed by atoms with Gasteiger partial charge in [0, 0.05) is 11.4 Å². The minimum absolute atomic E-state index is 0.116. The molecule has 3 rings (SSSR count). The maximum atomic E-state index is 10.9. The molecule has 1 aliphatic rings. The maximum Gasteiger partial charge on any atom is 0.303 e. The predicted octanol–water partition coefficient (Wildman–Crippen LogP) is 6.80. The van der Waals surface area contributed by atoms with Crippen molar-refractivity contribution < 1.29 is 29.6 Å². The van der Waals surface area contributed by atoms with Gasteiger partial charge in [-0.2, -0.15) is 0 Å². The van der Waals surface area contributed by atoms with E-state index in [-0.39, 0.29) is 24.4 Å². The smallest absolute Gasteiger partial charge is 0.303 e. The van der Waals surface area contributed by atoms with Crippen LogP contribution in [-0.2, 0) is 4.79 Å². The zero-order chi connectivity index (χ0) is 26.8. The molecule has 0 heterocycles. The fraction of sp³-hybridized carbons (Fsp3) is 0.433. The van der Waals surface area contributed by atoms with Gasteiger partial charge in [-0.05, 0) is 106 Å². The number of benzene rings is 2. The first kappa shape index (κ1) is 28.8. The number of carbonyl (C=O) groups is 1. The van der Waals surface area contributed by atoms with E-state index >= 15 is 0 Å². The lowest BCUT2D eigenvalue weighted by Gasteiger charge is -2.30. The lowest BCUT2D eigenvalue weighted by molar-refractivity contribution is -0.136. The number of hydrogen-bond donors (Lipinski definition) is 3. The quantitative estimate of drug-likeness (QED) is 0.247. The van der Waals surface area contributed by atoms with Crippen molar-refractivity contribution in [3.63, 3.8) is 0 Å². The number of aliphatic carboxylic acids is 1. The second-order valence-corrected chi connectivity index (χ2v) is 10.5. The number of ether oxygens (including phenoxy) is 2. The summed E-state index contributed by atoms with van der Waals surface area (Å²) in [7, 11) is 0. The Morgan fingerprint density at radius 1 is 1.03 bits per heavy atom. The second-order valence-electron chi connectivity index (χ2n) is 10.0. The van der Waals surface area contributed by atoms with Crippen molar-refractivity contribution in [3.8, 4) is 17.2 Å². The Bertz CT molecular complexity index is 1040. The van der Waals surface area contributed by atoms with Crippen LogP contribution in [0.5, 0.6) is 17.2 Å². The normalized spacial score (nSPS) is 20.9. The van der Waals surface area contributed by atoms with E-state index in [1.807, 2.05) is 44.2 Å². The molecular formula is C30H37ClO6. The van der Waals surface area contributed by atoms with Crippen molar-refractivity contribution in [2.45, 2.75) is 70.2 Å². The molecule has 1 unspecified atom stereocenters. The highest BCUT2D eigenvalue weighted by atomic mass is 35.5. The largest absolute Gasteiger partial charge is 0.485 e. The highest BCUT2D eigenvalue weighted by Crippen LogP contribution is 2.37. The molecule has 0 saturated heterocycles. The molecule has 0 radical (unpaired) electrons. The van der Waals surface area contributed by atoms with Crippen molar-refractivity contribution in [1.82, 2.24) is 0 Å². The van der Waals surface area contributed by atoms with Crippen LogP contribution in [0.25, 0.3) is 0 Å². The number of aliphatic hydroxyl groups excluding tert-OH is 2. The summed E-state index contributed by atoms with van der Waals surface area (Å²) in [5, 5.41) is 30.7. The molecule has 3 N–H and O–H groups in total. The summed E-state index contributed by atoms with van der Waals surface area (Å²) in [4.78, 5) is 10.6. The van der Waals surface area contributed by atoms with Crippen LogP contribution < -0.4 is 9.47 Å². The highest BCUT2D eigenvalue weighted by molar-refractivity contribution is 6.30. The number of allylic oxidation sites excluding steroid dienone is 3. The van der Waals surface area contributed by atoms with Crippen LogP contribution in [0, 0.1) is 11.8 Å². The number of halogens is 1. The molecule has 1 saturated carbocycles. The molecule has 7 heteroatoms. The molecule has 0 amide bonds. The van der Waals surface area contributed by atoms with Gasteiger partial charge in [0.25, 0.3) is 0 Å². The summed E-state index contributed by atoms with van der Waals surface area (Å²) < 4.78 is 11.9. The first-order valence-electron chi connectivity index (χ1n) is 12.8. The third kappa shape index (κ3) is 9.22. The monoisotopic (exact) mass is 528 g/mol. The van der Waals surface area contributed by atoms with E-state index in [1.165, 1.54) is 0 Å².